The first-order chi connectivity index (χ1) is 19.0. The van der Waals surface area contributed by atoms with Crippen LogP contribution in [0.2, 0.25) is 6.32 Å². The maximum atomic E-state index is 13.5. The Balaban J connectivity index is 1.47. The number of carbonyl (C=O) groups excluding carboxylic acids is 2. The topological polar surface area (TPSA) is 124 Å². The summed E-state index contributed by atoms with van der Waals surface area (Å²) >= 11 is 0. The SMILES string of the molecule is CC/C(=C\c1cc(C)c(O)c(C)c1)CC[C@H]1OB(O)C[C@H]2C1=C(C)C[C@H]1C(=O)N(CCCCCC(=O)O)C(=O)[C@H]12. The summed E-state index contributed by atoms with van der Waals surface area (Å²) < 4.78 is 6.05. The molecule has 0 unspecified atom stereocenters. The number of fused-ring (bicyclic) bond motifs is 3. The summed E-state index contributed by atoms with van der Waals surface area (Å²) in [7, 11) is -0.991. The van der Waals surface area contributed by atoms with Gasteiger partial charge in [0.1, 0.15) is 5.75 Å². The molecule has 216 valence electrons. The summed E-state index contributed by atoms with van der Waals surface area (Å²) in [5, 5.41) is 29.7. The zero-order valence-corrected chi connectivity index (χ0v) is 24.1. The monoisotopic (exact) mass is 551 g/mol. The van der Waals surface area contributed by atoms with E-state index in [4.69, 9.17) is 9.76 Å². The van der Waals surface area contributed by atoms with Crippen LogP contribution in [-0.4, -0.2) is 57.7 Å². The number of phenols is 1. The average Bonchev–Trinajstić information content (AvgIpc) is 3.13. The first kappa shape index (κ1) is 30.1. The molecule has 0 saturated carbocycles. The largest absolute Gasteiger partial charge is 0.507 e. The van der Waals surface area contributed by atoms with Crippen molar-refractivity contribution in [3.63, 3.8) is 0 Å². The van der Waals surface area contributed by atoms with Crippen molar-refractivity contribution in [3.05, 3.63) is 45.5 Å². The molecular weight excluding hydrogens is 509 g/mol. The van der Waals surface area contributed by atoms with E-state index in [0.29, 0.717) is 50.7 Å². The summed E-state index contributed by atoms with van der Waals surface area (Å²) in [5.74, 6) is -1.93. The summed E-state index contributed by atoms with van der Waals surface area (Å²) in [4.78, 5) is 38.9. The van der Waals surface area contributed by atoms with Crippen molar-refractivity contribution < 1.29 is 34.3 Å². The number of hydrogen-bond acceptors (Lipinski definition) is 6. The second-order valence-corrected chi connectivity index (χ2v) is 11.7. The van der Waals surface area contributed by atoms with Crippen LogP contribution in [0.1, 0.15) is 81.9 Å². The second-order valence-electron chi connectivity index (χ2n) is 11.7. The fraction of sp³-hybridized carbons (Fsp3) is 0.581. The fourth-order valence-electron chi connectivity index (χ4n) is 6.90. The molecule has 40 heavy (non-hydrogen) atoms. The number of carboxylic acid groups (broad SMARTS) is 1. The molecule has 2 fully saturated rings. The molecule has 8 nitrogen and oxygen atoms in total. The van der Waals surface area contributed by atoms with Crippen LogP contribution in [0.4, 0.5) is 0 Å². The Morgan fingerprint density at radius 3 is 2.42 bits per heavy atom. The zero-order chi connectivity index (χ0) is 29.1. The number of imide groups is 1. The zero-order valence-electron chi connectivity index (χ0n) is 24.1. The van der Waals surface area contributed by atoms with Crippen molar-refractivity contribution in [1.82, 2.24) is 4.90 Å². The van der Waals surface area contributed by atoms with E-state index in [1.807, 2.05) is 32.9 Å². The number of aliphatic carboxylic acids is 1. The predicted octanol–water partition coefficient (Wildman–Crippen LogP) is 5.04. The lowest BCUT2D eigenvalue weighted by Gasteiger charge is -2.42. The van der Waals surface area contributed by atoms with Crippen molar-refractivity contribution in [2.24, 2.45) is 17.8 Å². The molecule has 1 aromatic rings. The van der Waals surface area contributed by atoms with Gasteiger partial charge >= 0.3 is 13.1 Å². The molecule has 1 aromatic carbocycles. The Morgan fingerprint density at radius 2 is 1.77 bits per heavy atom. The Bertz CT molecular complexity index is 1200. The van der Waals surface area contributed by atoms with Gasteiger partial charge in [-0.1, -0.05) is 30.6 Å². The van der Waals surface area contributed by atoms with E-state index in [1.54, 1.807) is 0 Å². The first-order valence-electron chi connectivity index (χ1n) is 14.6. The third-order valence-electron chi connectivity index (χ3n) is 8.88. The van der Waals surface area contributed by atoms with E-state index in [0.717, 1.165) is 40.7 Å². The van der Waals surface area contributed by atoms with Crippen molar-refractivity contribution in [3.8, 4) is 5.75 Å². The minimum Gasteiger partial charge on any atom is -0.507 e. The fourth-order valence-corrected chi connectivity index (χ4v) is 6.90. The number of rotatable bonds is 11. The van der Waals surface area contributed by atoms with E-state index in [1.165, 1.54) is 10.5 Å². The number of likely N-dealkylation sites (tertiary alicyclic amines) is 1. The number of nitrogens with zero attached hydrogens (tertiary/aromatic N) is 1. The first-order valence-corrected chi connectivity index (χ1v) is 14.6. The number of hydrogen-bond donors (Lipinski definition) is 3. The smallest absolute Gasteiger partial charge is 0.455 e. The number of allylic oxidation sites excluding steroid dienone is 2. The number of aryl methyl sites for hydroxylation is 2. The van der Waals surface area contributed by atoms with Crippen LogP contribution in [0, 0.1) is 31.6 Å². The van der Waals surface area contributed by atoms with Crippen molar-refractivity contribution in [2.45, 2.75) is 91.5 Å². The van der Waals surface area contributed by atoms with Crippen molar-refractivity contribution in [1.29, 1.82) is 0 Å². The maximum Gasteiger partial charge on any atom is 0.455 e. The van der Waals surface area contributed by atoms with Gasteiger partial charge in [-0.2, -0.15) is 0 Å². The molecule has 3 N–H and O–H groups in total. The van der Waals surface area contributed by atoms with Crippen LogP contribution in [-0.2, 0) is 19.0 Å². The third kappa shape index (κ3) is 6.36. The third-order valence-corrected chi connectivity index (χ3v) is 8.88. The van der Waals surface area contributed by atoms with E-state index in [-0.39, 0.29) is 30.3 Å². The normalized spacial score (nSPS) is 25.0. The molecule has 9 heteroatoms. The highest BCUT2D eigenvalue weighted by atomic mass is 16.5. The van der Waals surface area contributed by atoms with Crippen molar-refractivity contribution >= 4 is 31.0 Å². The number of phenolic OH excluding ortho intramolecular Hbond substituents is 1. The van der Waals surface area contributed by atoms with Gasteiger partial charge in [-0.15, -0.1) is 0 Å². The van der Waals surface area contributed by atoms with Gasteiger partial charge in [0, 0.05) is 13.0 Å². The van der Waals surface area contributed by atoms with E-state index >= 15 is 0 Å². The quantitative estimate of drug-likeness (QED) is 0.152. The number of carbonyl (C=O) groups is 3. The van der Waals surface area contributed by atoms with Gasteiger partial charge in [0.2, 0.25) is 11.8 Å². The van der Waals surface area contributed by atoms with Gasteiger partial charge in [0.25, 0.3) is 0 Å². The molecule has 2 aliphatic heterocycles. The summed E-state index contributed by atoms with van der Waals surface area (Å²) in [6, 6.07) is 3.95. The standard InChI is InChI=1S/C31H42BNO7/c1-5-21(16-22-13-19(3)29(36)20(4)14-22)10-11-25-27-18(2)15-23-28(24(27)17-32(39)40-25)31(38)33(30(23)37)12-8-6-7-9-26(34)35/h13-14,16,23-25,28,36,39H,5-12,15,17H2,1-4H3,(H,34,35)/b21-16+/t23-,24+,25-,28-/m1/s1. The molecular formula is C31H42BNO7. The van der Waals surface area contributed by atoms with E-state index in [9.17, 15) is 24.5 Å². The van der Waals surface area contributed by atoms with Gasteiger partial charge in [-0.3, -0.25) is 19.3 Å². The average molecular weight is 551 g/mol. The predicted molar refractivity (Wildman–Crippen MR) is 153 cm³/mol. The highest BCUT2D eigenvalue weighted by molar-refractivity contribution is 6.43. The van der Waals surface area contributed by atoms with Crippen LogP contribution >= 0.6 is 0 Å². The van der Waals surface area contributed by atoms with Gasteiger partial charge in [0.05, 0.1) is 17.9 Å². The molecule has 2 amide bonds. The molecule has 4 atom stereocenters. The van der Waals surface area contributed by atoms with Crippen LogP contribution < -0.4 is 0 Å². The van der Waals surface area contributed by atoms with Crippen LogP contribution in [0.25, 0.3) is 6.08 Å². The number of carboxylic acids is 1. The number of amides is 2. The lowest BCUT2D eigenvalue weighted by Crippen LogP contribution is -2.46. The molecule has 0 radical (unpaired) electrons. The van der Waals surface area contributed by atoms with Crippen LogP contribution in [0.15, 0.2) is 28.9 Å². The highest BCUT2D eigenvalue weighted by Gasteiger charge is 2.56. The Hall–Kier alpha value is -2.91. The lowest BCUT2D eigenvalue weighted by molar-refractivity contribution is -0.141. The summed E-state index contributed by atoms with van der Waals surface area (Å²) in [5.41, 5.74) is 6.11. The maximum absolute atomic E-state index is 13.5. The number of unbranched alkanes of at least 4 members (excludes halogenated alkanes) is 2. The van der Waals surface area contributed by atoms with Crippen molar-refractivity contribution in [2.75, 3.05) is 6.54 Å². The van der Waals surface area contributed by atoms with E-state index < -0.39 is 24.9 Å². The lowest BCUT2D eigenvalue weighted by atomic mass is 9.59. The molecule has 2 saturated heterocycles. The molecule has 3 aliphatic rings. The summed E-state index contributed by atoms with van der Waals surface area (Å²) in [6.07, 6.45) is 6.80. The summed E-state index contributed by atoms with van der Waals surface area (Å²) in [6.45, 7) is 8.24. The molecule has 0 aromatic heterocycles. The Labute approximate surface area is 237 Å². The number of aromatic hydroxyl groups is 1. The minimum absolute atomic E-state index is 0.0874. The van der Waals surface area contributed by atoms with Crippen LogP contribution in [0.3, 0.4) is 0 Å². The highest BCUT2D eigenvalue weighted by Crippen LogP contribution is 2.50. The number of benzene rings is 1. The Kier molecular flexibility index (Phi) is 9.57. The minimum atomic E-state index is -0.991. The molecule has 1 aliphatic carbocycles. The van der Waals surface area contributed by atoms with E-state index in [2.05, 4.69) is 13.0 Å². The van der Waals surface area contributed by atoms with Gasteiger partial charge in [-0.25, -0.2) is 0 Å². The van der Waals surface area contributed by atoms with Gasteiger partial charge in [0.15, 0.2) is 0 Å². The van der Waals surface area contributed by atoms with Gasteiger partial charge < -0.3 is 19.9 Å². The van der Waals surface area contributed by atoms with Gasteiger partial charge in [-0.05, 0) is 106 Å². The Morgan fingerprint density at radius 1 is 1.07 bits per heavy atom. The molecule has 2 heterocycles. The molecule has 0 spiro atoms. The second kappa shape index (κ2) is 12.7. The molecule has 4 rings (SSSR count). The molecule has 0 bridgehead atoms. The van der Waals surface area contributed by atoms with Crippen LogP contribution in [0.5, 0.6) is 5.75 Å².